The zero-order chi connectivity index (χ0) is 19.0. The molecule has 1 N–H and O–H groups in total. The van der Waals surface area contributed by atoms with E-state index in [1.807, 2.05) is 30.3 Å². The average Bonchev–Trinajstić information content (AvgIpc) is 3.23. The molecular formula is C21H21F3N2O. The maximum atomic E-state index is 13.3. The number of rotatable bonds is 3. The number of alkyl halides is 3. The third-order valence-electron chi connectivity index (χ3n) is 5.69. The van der Waals surface area contributed by atoms with Gasteiger partial charge in [0.25, 0.3) is 0 Å². The van der Waals surface area contributed by atoms with Gasteiger partial charge >= 0.3 is 6.18 Å². The Balaban J connectivity index is 1.62. The minimum atomic E-state index is -4.46. The van der Waals surface area contributed by atoms with Crippen molar-refractivity contribution in [3.63, 3.8) is 0 Å². The van der Waals surface area contributed by atoms with Crippen LogP contribution in [0.1, 0.15) is 22.7 Å². The Morgan fingerprint density at radius 1 is 1.04 bits per heavy atom. The molecule has 2 saturated heterocycles. The lowest BCUT2D eigenvalue weighted by Gasteiger charge is -2.29. The highest BCUT2D eigenvalue weighted by Gasteiger charge is 2.46. The number of amides is 1. The van der Waals surface area contributed by atoms with Crippen LogP contribution >= 0.6 is 0 Å². The third-order valence-corrected chi connectivity index (χ3v) is 5.69. The molecule has 0 aliphatic carbocycles. The van der Waals surface area contributed by atoms with Gasteiger partial charge in [-0.05, 0) is 23.1 Å². The van der Waals surface area contributed by atoms with Crippen LogP contribution in [0.2, 0.25) is 0 Å². The minimum Gasteiger partial charge on any atom is -0.335 e. The third kappa shape index (κ3) is 3.46. The van der Waals surface area contributed by atoms with E-state index in [1.54, 1.807) is 11.0 Å². The molecule has 2 aromatic carbocycles. The van der Waals surface area contributed by atoms with Gasteiger partial charge < -0.3 is 10.2 Å². The van der Waals surface area contributed by atoms with Crippen LogP contribution < -0.4 is 5.32 Å². The molecular weight excluding hydrogens is 353 g/mol. The second-order valence-corrected chi connectivity index (χ2v) is 7.32. The summed E-state index contributed by atoms with van der Waals surface area (Å²) >= 11 is 0. The number of hydrogen-bond acceptors (Lipinski definition) is 2. The summed E-state index contributed by atoms with van der Waals surface area (Å²) in [5, 5.41) is 3.38. The topological polar surface area (TPSA) is 32.3 Å². The summed E-state index contributed by atoms with van der Waals surface area (Å²) < 4.78 is 39.8. The number of hydrogen-bond donors (Lipinski definition) is 1. The Morgan fingerprint density at radius 2 is 1.74 bits per heavy atom. The van der Waals surface area contributed by atoms with Crippen molar-refractivity contribution in [1.29, 1.82) is 0 Å². The first-order valence-electron chi connectivity index (χ1n) is 9.15. The van der Waals surface area contributed by atoms with Gasteiger partial charge in [0, 0.05) is 25.6 Å². The fourth-order valence-corrected chi connectivity index (χ4v) is 4.47. The summed E-state index contributed by atoms with van der Waals surface area (Å²) in [6.45, 7) is 2.26. The van der Waals surface area contributed by atoms with Crippen LogP contribution in [0.15, 0.2) is 54.6 Å². The van der Waals surface area contributed by atoms with E-state index in [1.165, 1.54) is 12.1 Å². The molecule has 27 heavy (non-hydrogen) atoms. The number of halogens is 3. The Labute approximate surface area is 156 Å². The lowest BCUT2D eigenvalue weighted by molar-refractivity contribution is -0.138. The fourth-order valence-electron chi connectivity index (χ4n) is 4.47. The van der Waals surface area contributed by atoms with Gasteiger partial charge in [-0.15, -0.1) is 0 Å². The largest absolute Gasteiger partial charge is 0.416 e. The second-order valence-electron chi connectivity index (χ2n) is 7.32. The molecule has 0 radical (unpaired) electrons. The Kier molecular flexibility index (Phi) is 4.68. The molecule has 4 rings (SSSR count). The molecule has 142 valence electrons. The minimum absolute atomic E-state index is 0.0389. The van der Waals surface area contributed by atoms with Crippen molar-refractivity contribution in [2.75, 3.05) is 19.6 Å². The molecule has 6 heteroatoms. The van der Waals surface area contributed by atoms with Gasteiger partial charge in [0.05, 0.1) is 18.0 Å². The van der Waals surface area contributed by atoms with Crippen LogP contribution in [-0.2, 0) is 17.4 Å². The van der Waals surface area contributed by atoms with Gasteiger partial charge in [-0.25, -0.2) is 0 Å². The van der Waals surface area contributed by atoms with Crippen LogP contribution in [-0.4, -0.2) is 30.4 Å². The van der Waals surface area contributed by atoms with Crippen LogP contribution in [0, 0.1) is 11.8 Å². The number of fused-ring (bicyclic) bond motifs is 1. The molecule has 2 aliphatic rings. The molecule has 0 bridgehead atoms. The van der Waals surface area contributed by atoms with Crippen LogP contribution in [0.5, 0.6) is 0 Å². The highest BCUT2D eigenvalue weighted by molar-refractivity contribution is 5.80. The molecule has 2 fully saturated rings. The molecule has 2 aromatic rings. The average molecular weight is 374 g/mol. The molecule has 0 aromatic heterocycles. The van der Waals surface area contributed by atoms with Gasteiger partial charge in [-0.3, -0.25) is 4.79 Å². The predicted octanol–water partition coefficient (Wildman–Crippen LogP) is 3.67. The second kappa shape index (κ2) is 7.00. The van der Waals surface area contributed by atoms with Crippen LogP contribution in [0.25, 0.3) is 0 Å². The van der Waals surface area contributed by atoms with E-state index in [4.69, 9.17) is 0 Å². The van der Waals surface area contributed by atoms with E-state index in [2.05, 4.69) is 5.32 Å². The van der Waals surface area contributed by atoms with Crippen LogP contribution in [0.4, 0.5) is 13.2 Å². The monoisotopic (exact) mass is 374 g/mol. The van der Waals surface area contributed by atoms with Crippen molar-refractivity contribution in [1.82, 2.24) is 10.2 Å². The Bertz CT molecular complexity index is 822. The number of likely N-dealkylation sites (tertiary alicyclic amines) is 1. The van der Waals surface area contributed by atoms with E-state index < -0.39 is 11.7 Å². The van der Waals surface area contributed by atoms with E-state index in [-0.39, 0.29) is 23.9 Å². The molecule has 3 atom stereocenters. The van der Waals surface area contributed by atoms with Crippen molar-refractivity contribution in [2.45, 2.75) is 18.6 Å². The summed E-state index contributed by atoms with van der Waals surface area (Å²) in [6.07, 6.45) is -4.69. The van der Waals surface area contributed by atoms with Crippen molar-refractivity contribution >= 4 is 5.91 Å². The Hall–Kier alpha value is -2.34. The van der Waals surface area contributed by atoms with E-state index in [0.717, 1.165) is 24.7 Å². The summed E-state index contributed by atoms with van der Waals surface area (Å²) in [7, 11) is 0. The van der Waals surface area contributed by atoms with Gasteiger partial charge in [0.1, 0.15) is 0 Å². The van der Waals surface area contributed by atoms with Gasteiger partial charge in [-0.1, -0.05) is 48.5 Å². The molecule has 3 nitrogen and oxygen atoms in total. The van der Waals surface area contributed by atoms with Crippen molar-refractivity contribution in [3.8, 4) is 0 Å². The summed E-state index contributed by atoms with van der Waals surface area (Å²) in [5.74, 6) is 0.404. The number of carbonyl (C=O) groups is 1. The van der Waals surface area contributed by atoms with Crippen molar-refractivity contribution in [3.05, 3.63) is 71.3 Å². The summed E-state index contributed by atoms with van der Waals surface area (Å²) in [5.41, 5.74) is 0.360. The summed E-state index contributed by atoms with van der Waals surface area (Å²) in [6, 6.07) is 15.1. The first-order valence-corrected chi connectivity index (χ1v) is 9.15. The molecule has 2 heterocycles. The maximum absolute atomic E-state index is 13.3. The molecule has 0 unspecified atom stereocenters. The lowest BCUT2D eigenvalue weighted by atomic mass is 9.89. The molecule has 0 spiro atoms. The summed E-state index contributed by atoms with van der Waals surface area (Å²) in [4.78, 5) is 14.8. The SMILES string of the molecule is O=C(Cc1ccccc1C(F)(F)F)N1C[C@@H]2CNC[C@@H]2[C@@H]1c1ccccc1. The molecule has 1 amide bonds. The molecule has 0 saturated carbocycles. The Morgan fingerprint density at radius 3 is 2.48 bits per heavy atom. The van der Waals surface area contributed by atoms with Crippen molar-refractivity contribution in [2.24, 2.45) is 11.8 Å². The van der Waals surface area contributed by atoms with Crippen LogP contribution in [0.3, 0.4) is 0 Å². The number of nitrogens with one attached hydrogen (secondary N) is 1. The van der Waals surface area contributed by atoms with Gasteiger partial charge in [-0.2, -0.15) is 13.2 Å². The normalized spacial score (nSPS) is 24.9. The predicted molar refractivity (Wildman–Crippen MR) is 95.9 cm³/mol. The fraction of sp³-hybridized carbons (Fsp3) is 0.381. The first-order chi connectivity index (χ1) is 12.9. The highest BCUT2D eigenvalue weighted by Crippen LogP contribution is 2.43. The zero-order valence-corrected chi connectivity index (χ0v) is 14.7. The maximum Gasteiger partial charge on any atom is 0.416 e. The van der Waals surface area contributed by atoms with E-state index >= 15 is 0 Å². The van der Waals surface area contributed by atoms with Gasteiger partial charge in [0.2, 0.25) is 5.91 Å². The van der Waals surface area contributed by atoms with Crippen molar-refractivity contribution < 1.29 is 18.0 Å². The quantitative estimate of drug-likeness (QED) is 0.889. The zero-order valence-electron chi connectivity index (χ0n) is 14.7. The number of nitrogens with zero attached hydrogens (tertiary/aromatic N) is 1. The highest BCUT2D eigenvalue weighted by atomic mass is 19.4. The number of benzene rings is 2. The molecule has 2 aliphatic heterocycles. The van der Waals surface area contributed by atoms with E-state index in [0.29, 0.717) is 18.4 Å². The van der Waals surface area contributed by atoms with E-state index in [9.17, 15) is 18.0 Å². The van der Waals surface area contributed by atoms with Gasteiger partial charge in [0.15, 0.2) is 0 Å². The smallest absolute Gasteiger partial charge is 0.335 e. The lowest BCUT2D eigenvalue weighted by Crippen LogP contribution is -2.36. The first kappa shape index (κ1) is 18.0. The standard InChI is InChI=1S/C21H21F3N2O/c22-21(23,24)18-9-5-4-8-15(18)10-19(27)26-13-16-11-25-12-17(16)20(26)14-6-2-1-3-7-14/h1-9,16-17,20,25H,10-13H2/t16-,17-,20-/m0/s1. The number of carbonyl (C=O) groups excluding carboxylic acids is 1.